The van der Waals surface area contributed by atoms with Crippen molar-refractivity contribution in [2.45, 2.75) is 39.5 Å². The second-order valence-electron chi connectivity index (χ2n) is 6.60. The highest BCUT2D eigenvalue weighted by Gasteiger charge is 2.43. The molecule has 0 spiro atoms. The van der Waals surface area contributed by atoms with E-state index >= 15 is 0 Å². The fourth-order valence-corrected chi connectivity index (χ4v) is 2.14. The highest BCUT2D eigenvalue weighted by atomic mass is 16.4. The first-order chi connectivity index (χ1) is 9.13. The lowest BCUT2D eigenvalue weighted by molar-refractivity contribution is -0.147. The van der Waals surface area contributed by atoms with Gasteiger partial charge in [0.2, 0.25) is 5.82 Å². The van der Waals surface area contributed by atoms with E-state index in [4.69, 9.17) is 0 Å². The average Bonchev–Trinajstić information content (AvgIpc) is 2.94. The van der Waals surface area contributed by atoms with Crippen molar-refractivity contribution in [1.82, 2.24) is 20.1 Å². The number of likely N-dealkylation sites (tertiary alicyclic amines) is 1. The summed E-state index contributed by atoms with van der Waals surface area (Å²) in [6.45, 7) is 8.18. The molecule has 20 heavy (non-hydrogen) atoms. The number of carbonyl (C=O) groups excluding carboxylic acids is 1. The van der Waals surface area contributed by atoms with Gasteiger partial charge in [0.25, 0.3) is 5.91 Å². The zero-order valence-electron chi connectivity index (χ0n) is 12.2. The van der Waals surface area contributed by atoms with Crippen molar-refractivity contribution in [2.75, 3.05) is 13.1 Å². The lowest BCUT2D eigenvalue weighted by Crippen LogP contribution is -2.35. The molecule has 7 nitrogen and oxygen atoms in total. The van der Waals surface area contributed by atoms with Crippen molar-refractivity contribution in [3.8, 4) is 0 Å². The summed E-state index contributed by atoms with van der Waals surface area (Å²) in [5.74, 6) is -0.453. The maximum absolute atomic E-state index is 12.3. The topological polar surface area (TPSA) is 99.2 Å². The summed E-state index contributed by atoms with van der Waals surface area (Å²) in [5.41, 5.74) is -1.09. The summed E-state index contributed by atoms with van der Waals surface area (Å²) in [4.78, 5) is 29.2. The summed E-state index contributed by atoms with van der Waals surface area (Å²) in [5, 5.41) is 15.9. The minimum absolute atomic E-state index is 0.101. The fraction of sp³-hybridized carbons (Fsp3) is 0.692. The minimum atomic E-state index is -0.877. The molecule has 1 unspecified atom stereocenters. The maximum Gasteiger partial charge on any atom is 0.311 e. The Morgan fingerprint density at radius 1 is 1.40 bits per heavy atom. The summed E-state index contributed by atoms with van der Waals surface area (Å²) in [6, 6.07) is 0. The Labute approximate surface area is 117 Å². The molecular formula is C13H20N4O3. The maximum atomic E-state index is 12.3. The number of H-pyrrole nitrogens is 1. The highest BCUT2D eigenvalue weighted by Crippen LogP contribution is 2.30. The summed E-state index contributed by atoms with van der Waals surface area (Å²) in [7, 11) is 0. The average molecular weight is 280 g/mol. The van der Waals surface area contributed by atoms with Gasteiger partial charge in [0.05, 0.1) is 5.41 Å². The molecule has 1 aromatic heterocycles. The predicted octanol–water partition coefficient (Wildman–Crippen LogP) is 1.04. The van der Waals surface area contributed by atoms with E-state index in [0.29, 0.717) is 18.8 Å². The van der Waals surface area contributed by atoms with Crippen molar-refractivity contribution in [2.24, 2.45) is 5.41 Å². The Kier molecular flexibility index (Phi) is 3.31. The number of carboxylic acid groups (broad SMARTS) is 1. The van der Waals surface area contributed by atoms with E-state index in [2.05, 4.69) is 15.2 Å². The second-order valence-corrected chi connectivity index (χ2v) is 6.60. The number of amides is 1. The van der Waals surface area contributed by atoms with Crippen molar-refractivity contribution in [3.63, 3.8) is 0 Å². The molecule has 1 saturated heterocycles. The molecule has 0 saturated carbocycles. The lowest BCUT2D eigenvalue weighted by Gasteiger charge is -2.19. The third-order valence-corrected chi connectivity index (χ3v) is 3.66. The normalized spacial score (nSPS) is 23.1. The van der Waals surface area contributed by atoms with Gasteiger partial charge >= 0.3 is 5.97 Å². The molecule has 0 radical (unpaired) electrons. The van der Waals surface area contributed by atoms with Crippen LogP contribution in [0.5, 0.6) is 0 Å². The molecule has 0 bridgehead atoms. The summed E-state index contributed by atoms with van der Waals surface area (Å²) < 4.78 is 0. The van der Waals surface area contributed by atoms with E-state index in [9.17, 15) is 14.7 Å². The number of aliphatic carboxylic acids is 1. The molecule has 1 amide bonds. The minimum Gasteiger partial charge on any atom is -0.481 e. The molecule has 0 aliphatic carbocycles. The Bertz CT molecular complexity index is 546. The van der Waals surface area contributed by atoms with Crippen LogP contribution in [0.3, 0.4) is 0 Å². The molecule has 2 rings (SSSR count). The van der Waals surface area contributed by atoms with Crippen LogP contribution in [0.2, 0.25) is 0 Å². The molecule has 1 aliphatic heterocycles. The molecule has 0 aromatic carbocycles. The number of nitrogens with one attached hydrogen (secondary N) is 1. The van der Waals surface area contributed by atoms with Gasteiger partial charge in [-0.15, -0.1) is 5.10 Å². The highest BCUT2D eigenvalue weighted by molar-refractivity contribution is 5.91. The van der Waals surface area contributed by atoms with Crippen LogP contribution in [0.1, 0.15) is 50.6 Å². The molecule has 1 aromatic rings. The monoisotopic (exact) mass is 280 g/mol. The van der Waals surface area contributed by atoms with E-state index < -0.39 is 11.4 Å². The fourth-order valence-electron chi connectivity index (χ4n) is 2.14. The van der Waals surface area contributed by atoms with Crippen LogP contribution in [0, 0.1) is 5.41 Å². The predicted molar refractivity (Wildman–Crippen MR) is 71.3 cm³/mol. The van der Waals surface area contributed by atoms with Crippen LogP contribution in [0.25, 0.3) is 0 Å². The van der Waals surface area contributed by atoms with E-state index in [-0.39, 0.29) is 23.7 Å². The first kappa shape index (κ1) is 14.5. The standard InChI is InChI=1S/C13H20N4O3/c1-12(2,3)10-14-8(15-16-10)9(18)17-6-5-13(4,7-17)11(19)20/h5-7H2,1-4H3,(H,19,20)(H,14,15,16). The van der Waals surface area contributed by atoms with Gasteiger partial charge in [-0.05, 0) is 13.3 Å². The zero-order chi connectivity index (χ0) is 15.1. The van der Waals surface area contributed by atoms with Gasteiger partial charge in [0.15, 0.2) is 0 Å². The van der Waals surface area contributed by atoms with Gasteiger partial charge < -0.3 is 10.0 Å². The molecule has 7 heteroatoms. The number of rotatable bonds is 2. The SMILES string of the molecule is CC1(C(=O)O)CCN(C(=O)c2n[nH]c(C(C)(C)C)n2)C1. The van der Waals surface area contributed by atoms with E-state index in [1.54, 1.807) is 6.92 Å². The smallest absolute Gasteiger partial charge is 0.311 e. The number of aromatic nitrogens is 3. The lowest BCUT2D eigenvalue weighted by atomic mass is 9.90. The van der Waals surface area contributed by atoms with Crippen molar-refractivity contribution < 1.29 is 14.7 Å². The van der Waals surface area contributed by atoms with Crippen molar-refractivity contribution in [1.29, 1.82) is 0 Å². The number of carbonyl (C=O) groups is 2. The Morgan fingerprint density at radius 2 is 2.05 bits per heavy atom. The number of carboxylic acids is 1. The Balaban J connectivity index is 2.14. The quantitative estimate of drug-likeness (QED) is 0.843. The summed E-state index contributed by atoms with van der Waals surface area (Å²) >= 11 is 0. The Hall–Kier alpha value is -1.92. The van der Waals surface area contributed by atoms with Gasteiger partial charge in [-0.3, -0.25) is 14.7 Å². The van der Waals surface area contributed by atoms with Crippen LogP contribution in [-0.4, -0.2) is 50.2 Å². The van der Waals surface area contributed by atoms with Crippen LogP contribution >= 0.6 is 0 Å². The van der Waals surface area contributed by atoms with Gasteiger partial charge in [-0.2, -0.15) is 0 Å². The van der Waals surface area contributed by atoms with Crippen LogP contribution < -0.4 is 0 Å². The number of aromatic amines is 1. The molecule has 110 valence electrons. The zero-order valence-corrected chi connectivity index (χ0v) is 12.2. The third kappa shape index (κ3) is 2.52. The molecular weight excluding hydrogens is 260 g/mol. The summed E-state index contributed by atoms with van der Waals surface area (Å²) in [6.07, 6.45) is 0.449. The number of hydrogen-bond acceptors (Lipinski definition) is 4. The van der Waals surface area contributed by atoms with Crippen LogP contribution in [0.4, 0.5) is 0 Å². The van der Waals surface area contributed by atoms with E-state index in [1.807, 2.05) is 20.8 Å². The van der Waals surface area contributed by atoms with Gasteiger partial charge in [0.1, 0.15) is 5.82 Å². The first-order valence-corrected chi connectivity index (χ1v) is 6.59. The van der Waals surface area contributed by atoms with E-state index in [0.717, 1.165) is 0 Å². The van der Waals surface area contributed by atoms with Crippen molar-refractivity contribution >= 4 is 11.9 Å². The number of nitrogens with zero attached hydrogens (tertiary/aromatic N) is 3. The molecule has 1 aliphatic rings. The van der Waals surface area contributed by atoms with Crippen LogP contribution in [-0.2, 0) is 10.2 Å². The number of hydrogen-bond donors (Lipinski definition) is 2. The first-order valence-electron chi connectivity index (χ1n) is 6.59. The Morgan fingerprint density at radius 3 is 2.50 bits per heavy atom. The van der Waals surface area contributed by atoms with Gasteiger partial charge in [0, 0.05) is 18.5 Å². The molecule has 1 atom stereocenters. The largest absolute Gasteiger partial charge is 0.481 e. The van der Waals surface area contributed by atoms with Gasteiger partial charge in [-0.25, -0.2) is 4.98 Å². The van der Waals surface area contributed by atoms with Crippen molar-refractivity contribution in [3.05, 3.63) is 11.6 Å². The molecule has 2 heterocycles. The van der Waals surface area contributed by atoms with E-state index in [1.165, 1.54) is 4.90 Å². The third-order valence-electron chi connectivity index (χ3n) is 3.66. The molecule has 2 N–H and O–H groups in total. The van der Waals surface area contributed by atoms with Gasteiger partial charge in [-0.1, -0.05) is 20.8 Å². The molecule has 1 fully saturated rings. The van der Waals surface area contributed by atoms with Crippen LogP contribution in [0.15, 0.2) is 0 Å². The second kappa shape index (κ2) is 4.57.